The summed E-state index contributed by atoms with van der Waals surface area (Å²) in [6.07, 6.45) is 4.21. The molecule has 2 unspecified atom stereocenters. The molecule has 0 amide bonds. The van der Waals surface area contributed by atoms with Gasteiger partial charge in [0.2, 0.25) is 0 Å². The molecule has 0 spiro atoms. The molecule has 17 heavy (non-hydrogen) atoms. The van der Waals surface area contributed by atoms with E-state index in [4.69, 9.17) is 0 Å². The molecule has 2 fully saturated rings. The summed E-state index contributed by atoms with van der Waals surface area (Å²) >= 11 is 0. The average molecular weight is 238 g/mol. The first-order chi connectivity index (χ1) is 8.07. The third kappa shape index (κ3) is 3.03. The van der Waals surface area contributed by atoms with Crippen LogP contribution < -0.4 is 5.32 Å². The van der Waals surface area contributed by atoms with E-state index in [9.17, 15) is 0 Å². The summed E-state index contributed by atoms with van der Waals surface area (Å²) < 4.78 is 0. The number of piperazine rings is 1. The number of rotatable bonds is 5. The highest BCUT2D eigenvalue weighted by molar-refractivity contribution is 4.99. The van der Waals surface area contributed by atoms with Crippen LogP contribution >= 0.6 is 0 Å². The van der Waals surface area contributed by atoms with Crippen molar-refractivity contribution in [3.63, 3.8) is 0 Å². The summed E-state index contributed by atoms with van der Waals surface area (Å²) in [6, 6.07) is 0.719. The molecule has 2 rings (SSSR count). The average Bonchev–Trinajstić information content (AvgIpc) is 3.09. The molecule has 1 heterocycles. The highest BCUT2D eigenvalue weighted by Gasteiger charge is 2.46. The molecule has 2 heteroatoms. The van der Waals surface area contributed by atoms with Gasteiger partial charge in [0.1, 0.15) is 0 Å². The fraction of sp³-hybridized carbons (Fsp3) is 1.00. The van der Waals surface area contributed by atoms with Crippen molar-refractivity contribution >= 4 is 0 Å². The Balaban J connectivity index is 1.85. The van der Waals surface area contributed by atoms with E-state index in [0.717, 1.165) is 17.9 Å². The maximum atomic E-state index is 3.69. The van der Waals surface area contributed by atoms with Crippen molar-refractivity contribution in [1.82, 2.24) is 10.2 Å². The Labute approximate surface area is 107 Å². The maximum absolute atomic E-state index is 3.69. The third-order valence-electron chi connectivity index (χ3n) is 5.28. The van der Waals surface area contributed by atoms with Crippen LogP contribution in [0.1, 0.15) is 47.0 Å². The molecule has 1 aliphatic heterocycles. The van der Waals surface area contributed by atoms with Gasteiger partial charge in [-0.05, 0) is 30.1 Å². The van der Waals surface area contributed by atoms with Crippen molar-refractivity contribution in [2.75, 3.05) is 26.2 Å². The lowest BCUT2D eigenvalue weighted by Gasteiger charge is -2.39. The van der Waals surface area contributed by atoms with Gasteiger partial charge >= 0.3 is 0 Å². The van der Waals surface area contributed by atoms with E-state index in [2.05, 4.69) is 37.9 Å². The second kappa shape index (κ2) is 5.27. The summed E-state index contributed by atoms with van der Waals surface area (Å²) in [5.74, 6) is 1.67. The van der Waals surface area contributed by atoms with Gasteiger partial charge in [-0.2, -0.15) is 0 Å². The van der Waals surface area contributed by atoms with Gasteiger partial charge in [-0.15, -0.1) is 0 Å². The van der Waals surface area contributed by atoms with E-state index in [1.165, 1.54) is 45.4 Å². The standard InChI is InChI=1S/C15H30N2/c1-5-13(4)14-10-17(9-8-16-14)11-15(6-7-15)12(2)3/h12-14,16H,5-11H2,1-4H3. The zero-order chi connectivity index (χ0) is 12.5. The molecular formula is C15H30N2. The molecule has 1 aliphatic carbocycles. The molecule has 2 nitrogen and oxygen atoms in total. The van der Waals surface area contributed by atoms with Gasteiger partial charge in [-0.3, -0.25) is 4.90 Å². The second-order valence-corrected chi connectivity index (χ2v) is 6.70. The first-order valence-corrected chi connectivity index (χ1v) is 7.53. The first kappa shape index (κ1) is 13.4. The molecule has 2 aliphatic rings. The van der Waals surface area contributed by atoms with E-state index in [1.807, 2.05) is 0 Å². The number of hydrogen-bond acceptors (Lipinski definition) is 2. The fourth-order valence-electron chi connectivity index (χ4n) is 3.18. The smallest absolute Gasteiger partial charge is 0.0221 e. The van der Waals surface area contributed by atoms with E-state index < -0.39 is 0 Å². The van der Waals surface area contributed by atoms with Crippen molar-refractivity contribution in [2.45, 2.75) is 53.0 Å². The zero-order valence-electron chi connectivity index (χ0n) is 12.1. The van der Waals surface area contributed by atoms with Crippen LogP contribution in [-0.4, -0.2) is 37.1 Å². The Morgan fingerprint density at radius 3 is 2.53 bits per heavy atom. The molecule has 1 N–H and O–H groups in total. The largest absolute Gasteiger partial charge is 0.311 e. The molecule has 0 aromatic heterocycles. The normalized spacial score (nSPS) is 30.5. The Hall–Kier alpha value is -0.0800. The predicted molar refractivity (Wildman–Crippen MR) is 74.2 cm³/mol. The first-order valence-electron chi connectivity index (χ1n) is 7.53. The second-order valence-electron chi connectivity index (χ2n) is 6.70. The molecule has 1 saturated heterocycles. The van der Waals surface area contributed by atoms with E-state index in [1.54, 1.807) is 0 Å². The van der Waals surface area contributed by atoms with Crippen molar-refractivity contribution in [3.05, 3.63) is 0 Å². The number of nitrogens with zero attached hydrogens (tertiary/aromatic N) is 1. The van der Waals surface area contributed by atoms with Gasteiger partial charge in [-0.1, -0.05) is 34.1 Å². The van der Waals surface area contributed by atoms with Crippen LogP contribution in [-0.2, 0) is 0 Å². The lowest BCUT2D eigenvalue weighted by molar-refractivity contribution is 0.126. The monoisotopic (exact) mass is 238 g/mol. The van der Waals surface area contributed by atoms with Crippen LogP contribution in [0.15, 0.2) is 0 Å². The van der Waals surface area contributed by atoms with E-state index in [-0.39, 0.29) is 0 Å². The Morgan fingerprint density at radius 1 is 1.29 bits per heavy atom. The minimum Gasteiger partial charge on any atom is -0.311 e. The summed E-state index contributed by atoms with van der Waals surface area (Å²) in [4.78, 5) is 2.72. The van der Waals surface area contributed by atoms with Gasteiger partial charge in [0, 0.05) is 32.2 Å². The lowest BCUT2D eigenvalue weighted by atomic mass is 9.90. The van der Waals surface area contributed by atoms with Crippen LogP contribution in [0.25, 0.3) is 0 Å². The Kier molecular flexibility index (Phi) is 4.14. The van der Waals surface area contributed by atoms with Crippen molar-refractivity contribution < 1.29 is 0 Å². The minimum absolute atomic E-state index is 0.678. The number of hydrogen-bond donors (Lipinski definition) is 1. The van der Waals surface area contributed by atoms with Crippen molar-refractivity contribution in [1.29, 1.82) is 0 Å². The van der Waals surface area contributed by atoms with Crippen molar-refractivity contribution in [2.24, 2.45) is 17.3 Å². The molecule has 1 saturated carbocycles. The highest BCUT2D eigenvalue weighted by Crippen LogP contribution is 2.52. The lowest BCUT2D eigenvalue weighted by Crippen LogP contribution is -2.54. The predicted octanol–water partition coefficient (Wildman–Crippen LogP) is 2.74. The molecule has 0 bridgehead atoms. The molecule has 0 aromatic carbocycles. The third-order valence-corrected chi connectivity index (χ3v) is 5.28. The van der Waals surface area contributed by atoms with Crippen LogP contribution in [0.2, 0.25) is 0 Å². The molecule has 0 radical (unpaired) electrons. The molecule has 0 aromatic rings. The summed E-state index contributed by atoms with van der Waals surface area (Å²) in [7, 11) is 0. The zero-order valence-corrected chi connectivity index (χ0v) is 12.1. The minimum atomic E-state index is 0.678. The van der Waals surface area contributed by atoms with Gasteiger partial charge in [-0.25, -0.2) is 0 Å². The van der Waals surface area contributed by atoms with Crippen LogP contribution in [0, 0.1) is 17.3 Å². The molecule has 2 atom stereocenters. The Bertz CT molecular complexity index is 245. The molecule has 100 valence electrons. The van der Waals surface area contributed by atoms with Gasteiger partial charge in [0.25, 0.3) is 0 Å². The quantitative estimate of drug-likeness (QED) is 0.792. The van der Waals surface area contributed by atoms with E-state index in [0.29, 0.717) is 5.41 Å². The van der Waals surface area contributed by atoms with Gasteiger partial charge < -0.3 is 5.32 Å². The fourth-order valence-corrected chi connectivity index (χ4v) is 3.18. The topological polar surface area (TPSA) is 15.3 Å². The SMILES string of the molecule is CCC(C)C1CN(CC2(C(C)C)CC2)CCN1. The molecular weight excluding hydrogens is 208 g/mol. The van der Waals surface area contributed by atoms with Crippen LogP contribution in [0.4, 0.5) is 0 Å². The van der Waals surface area contributed by atoms with Crippen LogP contribution in [0.5, 0.6) is 0 Å². The van der Waals surface area contributed by atoms with Gasteiger partial charge in [0.05, 0.1) is 0 Å². The number of nitrogens with one attached hydrogen (secondary N) is 1. The summed E-state index contributed by atoms with van der Waals surface area (Å²) in [5, 5.41) is 3.69. The van der Waals surface area contributed by atoms with E-state index >= 15 is 0 Å². The van der Waals surface area contributed by atoms with Crippen LogP contribution in [0.3, 0.4) is 0 Å². The van der Waals surface area contributed by atoms with Gasteiger partial charge in [0.15, 0.2) is 0 Å². The highest BCUT2D eigenvalue weighted by atomic mass is 15.2. The van der Waals surface area contributed by atoms with Crippen molar-refractivity contribution in [3.8, 4) is 0 Å². The summed E-state index contributed by atoms with van der Waals surface area (Å²) in [5.41, 5.74) is 0.678. The summed E-state index contributed by atoms with van der Waals surface area (Å²) in [6.45, 7) is 14.5. The maximum Gasteiger partial charge on any atom is 0.0221 e. The Morgan fingerprint density at radius 2 is 2.00 bits per heavy atom.